The zero-order valence-electron chi connectivity index (χ0n) is 16.8. The molecule has 1 aliphatic rings. The molecule has 32 heavy (non-hydrogen) atoms. The van der Waals surface area contributed by atoms with Crippen molar-refractivity contribution in [3.05, 3.63) is 59.1 Å². The fourth-order valence-electron chi connectivity index (χ4n) is 3.32. The van der Waals surface area contributed by atoms with Crippen LogP contribution in [0.4, 0.5) is 24.7 Å². The Morgan fingerprint density at radius 2 is 1.94 bits per heavy atom. The Hall–Kier alpha value is -3.04. The number of carbonyl (C=O) groups excluding carboxylic acids is 1. The maximum atomic E-state index is 12.9. The number of halogens is 4. The lowest BCUT2D eigenvalue weighted by molar-refractivity contribution is -0.137. The molecule has 168 valence electrons. The Labute approximate surface area is 186 Å². The number of nitrogens with zero attached hydrogens (tertiary/aromatic N) is 2. The van der Waals surface area contributed by atoms with Crippen molar-refractivity contribution in [2.24, 2.45) is 0 Å². The molecule has 1 N–H and O–H groups in total. The number of hydrogen-bond donors (Lipinski definition) is 1. The van der Waals surface area contributed by atoms with Crippen LogP contribution in [0.1, 0.15) is 5.56 Å². The summed E-state index contributed by atoms with van der Waals surface area (Å²) in [4.78, 5) is 19.1. The number of alkyl halides is 3. The number of ether oxygens (including phenoxy) is 2. The molecule has 0 unspecified atom stereocenters. The Kier molecular flexibility index (Phi) is 6.38. The van der Waals surface area contributed by atoms with E-state index < -0.39 is 24.3 Å². The van der Waals surface area contributed by atoms with Crippen LogP contribution in [0, 0.1) is 0 Å². The molecule has 1 saturated heterocycles. The maximum absolute atomic E-state index is 12.9. The summed E-state index contributed by atoms with van der Waals surface area (Å²) in [6.45, 7) is 2.27. The summed E-state index contributed by atoms with van der Waals surface area (Å²) in [5.41, 5.74) is -0.464. The van der Waals surface area contributed by atoms with Crippen molar-refractivity contribution in [3.8, 4) is 5.75 Å². The zero-order chi connectivity index (χ0) is 22.7. The molecule has 1 amide bonds. The van der Waals surface area contributed by atoms with Crippen molar-refractivity contribution in [1.29, 1.82) is 0 Å². The molecule has 2 aromatic carbocycles. The summed E-state index contributed by atoms with van der Waals surface area (Å²) < 4.78 is 49.8. The number of aromatic nitrogens is 1. The molecule has 0 bridgehead atoms. The van der Waals surface area contributed by atoms with Gasteiger partial charge in [0.25, 0.3) is 5.91 Å². The molecule has 1 aromatic heterocycles. The molecule has 0 atom stereocenters. The van der Waals surface area contributed by atoms with E-state index in [9.17, 15) is 18.0 Å². The molecule has 0 spiro atoms. The van der Waals surface area contributed by atoms with Crippen LogP contribution in [-0.4, -0.2) is 43.8 Å². The predicted octanol–water partition coefficient (Wildman–Crippen LogP) is 4.76. The van der Waals surface area contributed by atoms with Crippen LogP contribution in [0.2, 0.25) is 5.02 Å². The van der Waals surface area contributed by atoms with Crippen LogP contribution in [0.3, 0.4) is 0 Å². The number of anilines is 2. The lowest BCUT2D eigenvalue weighted by Gasteiger charge is -2.28. The van der Waals surface area contributed by atoms with Gasteiger partial charge < -0.3 is 19.7 Å². The highest BCUT2D eigenvalue weighted by Crippen LogP contribution is 2.34. The molecule has 0 saturated carbocycles. The van der Waals surface area contributed by atoms with Gasteiger partial charge in [0.15, 0.2) is 6.61 Å². The van der Waals surface area contributed by atoms with E-state index in [1.807, 2.05) is 18.2 Å². The number of nitrogens with one attached hydrogen (secondary N) is 1. The van der Waals surface area contributed by atoms with Gasteiger partial charge in [0.05, 0.1) is 29.5 Å². The van der Waals surface area contributed by atoms with Crippen molar-refractivity contribution in [1.82, 2.24) is 4.98 Å². The highest BCUT2D eigenvalue weighted by molar-refractivity contribution is 6.33. The van der Waals surface area contributed by atoms with Gasteiger partial charge in [-0.25, -0.2) is 4.98 Å². The standard InChI is InChI=1S/C22H19ClF3N3O3/c23-16-6-5-15(22(24,25)26)12-17(16)27-20(30)13-32-18-3-1-2-14-4-7-19(28-21(14)18)29-8-10-31-11-9-29/h1-7,12H,8-11,13H2,(H,27,30). The van der Waals surface area contributed by atoms with Crippen LogP contribution in [-0.2, 0) is 15.7 Å². The molecule has 10 heteroatoms. The smallest absolute Gasteiger partial charge is 0.416 e. The van der Waals surface area contributed by atoms with Gasteiger partial charge in [0.2, 0.25) is 0 Å². The molecule has 3 aromatic rings. The van der Waals surface area contributed by atoms with Crippen molar-refractivity contribution in [3.63, 3.8) is 0 Å². The van der Waals surface area contributed by atoms with Gasteiger partial charge >= 0.3 is 6.18 Å². The second-order valence-corrected chi connectivity index (χ2v) is 7.53. The molecule has 4 rings (SSSR count). The van der Waals surface area contributed by atoms with Gasteiger partial charge in [-0.15, -0.1) is 0 Å². The number of amides is 1. The first-order valence-electron chi connectivity index (χ1n) is 9.83. The normalized spacial score (nSPS) is 14.4. The summed E-state index contributed by atoms with van der Waals surface area (Å²) >= 11 is 5.93. The number of hydrogen-bond acceptors (Lipinski definition) is 5. The third-order valence-electron chi connectivity index (χ3n) is 4.93. The second kappa shape index (κ2) is 9.22. The first-order chi connectivity index (χ1) is 15.3. The van der Waals surface area contributed by atoms with Crippen LogP contribution in [0.15, 0.2) is 48.5 Å². The average molecular weight is 466 g/mol. The van der Waals surface area contributed by atoms with Crippen LogP contribution < -0.4 is 15.0 Å². The third kappa shape index (κ3) is 5.05. The highest BCUT2D eigenvalue weighted by atomic mass is 35.5. The van der Waals surface area contributed by atoms with Gasteiger partial charge in [-0.3, -0.25) is 4.79 Å². The summed E-state index contributed by atoms with van der Waals surface area (Å²) in [7, 11) is 0. The van der Waals surface area contributed by atoms with Gasteiger partial charge in [-0.2, -0.15) is 13.2 Å². The zero-order valence-corrected chi connectivity index (χ0v) is 17.5. The Bertz CT molecular complexity index is 1130. The minimum Gasteiger partial charge on any atom is -0.481 e. The van der Waals surface area contributed by atoms with Gasteiger partial charge in [-0.05, 0) is 36.4 Å². The number of carbonyl (C=O) groups is 1. The summed E-state index contributed by atoms with van der Waals surface area (Å²) in [6, 6.07) is 11.9. The summed E-state index contributed by atoms with van der Waals surface area (Å²) in [6.07, 6.45) is -4.55. The van der Waals surface area contributed by atoms with Crippen molar-refractivity contribution in [2.45, 2.75) is 6.18 Å². The van der Waals surface area contributed by atoms with Gasteiger partial charge in [0.1, 0.15) is 17.1 Å². The van der Waals surface area contributed by atoms with Gasteiger partial charge in [0, 0.05) is 18.5 Å². The molecular formula is C22H19ClF3N3O3. The topological polar surface area (TPSA) is 63.7 Å². The van der Waals surface area contributed by atoms with Crippen molar-refractivity contribution >= 4 is 39.9 Å². The molecular weight excluding hydrogens is 447 g/mol. The van der Waals surface area contributed by atoms with E-state index in [4.69, 9.17) is 21.1 Å². The van der Waals surface area contributed by atoms with E-state index in [0.717, 1.165) is 42.5 Å². The minimum absolute atomic E-state index is 0.00618. The number of rotatable bonds is 5. The van der Waals surface area contributed by atoms with E-state index in [2.05, 4.69) is 15.2 Å². The van der Waals surface area contributed by atoms with E-state index in [1.165, 1.54) is 0 Å². The quantitative estimate of drug-likeness (QED) is 0.588. The second-order valence-electron chi connectivity index (χ2n) is 7.13. The Balaban J connectivity index is 1.48. The number of pyridine rings is 1. The Morgan fingerprint density at radius 3 is 2.69 bits per heavy atom. The largest absolute Gasteiger partial charge is 0.481 e. The molecule has 6 nitrogen and oxygen atoms in total. The number of morpholine rings is 1. The Morgan fingerprint density at radius 1 is 1.16 bits per heavy atom. The van der Waals surface area contributed by atoms with E-state index in [0.29, 0.717) is 24.5 Å². The minimum atomic E-state index is -4.55. The lowest BCUT2D eigenvalue weighted by Crippen LogP contribution is -2.36. The van der Waals surface area contributed by atoms with Crippen molar-refractivity contribution < 1.29 is 27.4 Å². The molecule has 1 aliphatic heterocycles. The molecule has 0 radical (unpaired) electrons. The number of para-hydroxylation sites is 1. The molecule has 0 aliphatic carbocycles. The van der Waals surface area contributed by atoms with E-state index >= 15 is 0 Å². The number of benzene rings is 2. The van der Waals surface area contributed by atoms with Crippen molar-refractivity contribution in [2.75, 3.05) is 43.1 Å². The van der Waals surface area contributed by atoms with Crippen LogP contribution in [0.25, 0.3) is 10.9 Å². The maximum Gasteiger partial charge on any atom is 0.416 e. The lowest BCUT2D eigenvalue weighted by atomic mass is 10.2. The molecule has 1 fully saturated rings. The highest BCUT2D eigenvalue weighted by Gasteiger charge is 2.31. The monoisotopic (exact) mass is 465 g/mol. The predicted molar refractivity (Wildman–Crippen MR) is 115 cm³/mol. The van der Waals surface area contributed by atoms with E-state index in [-0.39, 0.29) is 10.7 Å². The van der Waals surface area contributed by atoms with E-state index in [1.54, 1.807) is 12.1 Å². The first-order valence-corrected chi connectivity index (χ1v) is 10.2. The average Bonchev–Trinajstić information content (AvgIpc) is 2.78. The van der Waals surface area contributed by atoms with Crippen LogP contribution in [0.5, 0.6) is 5.75 Å². The number of fused-ring (bicyclic) bond motifs is 1. The molecule has 2 heterocycles. The fourth-order valence-corrected chi connectivity index (χ4v) is 3.49. The van der Waals surface area contributed by atoms with Crippen LogP contribution >= 0.6 is 11.6 Å². The summed E-state index contributed by atoms with van der Waals surface area (Å²) in [5, 5.41) is 3.19. The third-order valence-corrected chi connectivity index (χ3v) is 5.26. The fraction of sp³-hybridized carbons (Fsp3) is 0.273. The first kappa shape index (κ1) is 22.2. The SMILES string of the molecule is O=C(COc1cccc2ccc(N3CCOCC3)nc12)Nc1cc(C(F)(F)F)ccc1Cl. The summed E-state index contributed by atoms with van der Waals surface area (Å²) in [5.74, 6) is 0.521. The van der Waals surface area contributed by atoms with Gasteiger partial charge in [-0.1, -0.05) is 23.7 Å².